The van der Waals surface area contributed by atoms with Crippen LogP contribution in [0.1, 0.15) is 19.8 Å². The number of carbonyl (C=O) groups excluding carboxylic acids is 1. The number of aliphatic hydroxyl groups is 1. The number of thioether (sulfide) groups is 1. The van der Waals surface area contributed by atoms with Crippen LogP contribution in [-0.4, -0.2) is 79.9 Å². The second kappa shape index (κ2) is 11.3. The van der Waals surface area contributed by atoms with Gasteiger partial charge in [-0.2, -0.15) is 0 Å². The molecule has 0 spiro atoms. The van der Waals surface area contributed by atoms with Crippen LogP contribution in [0.4, 0.5) is 5.69 Å². The lowest BCUT2D eigenvalue weighted by molar-refractivity contribution is -0.150. The van der Waals surface area contributed by atoms with Gasteiger partial charge in [0.15, 0.2) is 0 Å². The maximum Gasteiger partial charge on any atom is 0.325 e. The van der Waals surface area contributed by atoms with Gasteiger partial charge in [0.2, 0.25) is 0 Å². The van der Waals surface area contributed by atoms with Gasteiger partial charge in [-0.1, -0.05) is 18.2 Å². The number of piperazine rings is 1. The molecule has 0 radical (unpaired) electrons. The molecule has 2 aliphatic rings. The van der Waals surface area contributed by atoms with Crippen LogP contribution in [0, 0.1) is 0 Å². The van der Waals surface area contributed by atoms with Crippen molar-refractivity contribution in [2.45, 2.75) is 35.5 Å². The summed E-state index contributed by atoms with van der Waals surface area (Å²) in [6, 6.07) is 16.0. The molecule has 2 atom stereocenters. The van der Waals surface area contributed by atoms with E-state index in [9.17, 15) is 9.90 Å². The lowest BCUT2D eigenvalue weighted by Crippen LogP contribution is -2.50. The second-order valence-corrected chi connectivity index (χ2v) is 9.99. The molecule has 0 amide bonds. The average molecular weight is 487 g/mol. The Morgan fingerprint density at radius 1 is 1.18 bits per heavy atom. The summed E-state index contributed by atoms with van der Waals surface area (Å²) in [7, 11) is 1.61. The SMILES string of the molecule is CCOC(=O)[C@]1(CCCN2CCN(c3ccccc3)CC2)Sc2cc(OC)ccc2OC[C@@H]1O. The highest BCUT2D eigenvalue weighted by molar-refractivity contribution is 8.01. The molecule has 2 aromatic carbocycles. The molecule has 0 bridgehead atoms. The molecule has 184 valence electrons. The number of hydrogen-bond donors (Lipinski definition) is 1. The van der Waals surface area contributed by atoms with Gasteiger partial charge in [0, 0.05) is 31.9 Å². The summed E-state index contributed by atoms with van der Waals surface area (Å²) in [5, 5.41) is 11.1. The Balaban J connectivity index is 1.42. The van der Waals surface area contributed by atoms with Gasteiger partial charge in [-0.15, -0.1) is 11.8 Å². The predicted octanol–water partition coefficient (Wildman–Crippen LogP) is 3.44. The molecule has 7 nitrogen and oxygen atoms in total. The molecule has 0 unspecified atom stereocenters. The second-order valence-electron chi connectivity index (χ2n) is 8.62. The first-order valence-electron chi connectivity index (χ1n) is 11.9. The van der Waals surface area contributed by atoms with E-state index in [2.05, 4.69) is 34.1 Å². The van der Waals surface area contributed by atoms with E-state index in [1.165, 1.54) is 17.4 Å². The zero-order valence-electron chi connectivity index (χ0n) is 19.9. The molecule has 1 saturated heterocycles. The van der Waals surface area contributed by atoms with Crippen molar-refractivity contribution in [2.75, 3.05) is 57.9 Å². The minimum absolute atomic E-state index is 0.0426. The average Bonchev–Trinajstić information content (AvgIpc) is 3.01. The molecule has 1 fully saturated rings. The van der Waals surface area contributed by atoms with Crippen LogP contribution in [0.5, 0.6) is 11.5 Å². The third-order valence-electron chi connectivity index (χ3n) is 6.52. The van der Waals surface area contributed by atoms with E-state index in [-0.39, 0.29) is 19.2 Å². The summed E-state index contributed by atoms with van der Waals surface area (Å²) >= 11 is 1.34. The third-order valence-corrected chi connectivity index (χ3v) is 8.06. The molecule has 4 rings (SSSR count). The van der Waals surface area contributed by atoms with Crippen molar-refractivity contribution in [3.8, 4) is 11.5 Å². The third kappa shape index (κ3) is 5.45. The van der Waals surface area contributed by atoms with Crippen LogP contribution < -0.4 is 14.4 Å². The number of para-hydroxylation sites is 1. The fourth-order valence-corrected chi connectivity index (χ4v) is 5.95. The van der Waals surface area contributed by atoms with E-state index in [1.54, 1.807) is 14.0 Å². The number of benzene rings is 2. The van der Waals surface area contributed by atoms with Gasteiger partial charge >= 0.3 is 5.97 Å². The van der Waals surface area contributed by atoms with Crippen molar-refractivity contribution >= 4 is 23.4 Å². The number of aliphatic hydroxyl groups excluding tert-OH is 1. The molecule has 2 aromatic rings. The van der Waals surface area contributed by atoms with Gasteiger partial charge in [-0.25, -0.2) is 0 Å². The topological polar surface area (TPSA) is 71.5 Å². The highest BCUT2D eigenvalue weighted by Gasteiger charge is 2.49. The van der Waals surface area contributed by atoms with Crippen molar-refractivity contribution in [3.05, 3.63) is 48.5 Å². The summed E-state index contributed by atoms with van der Waals surface area (Å²) in [6.07, 6.45) is 0.286. The normalized spacial score (nSPS) is 22.9. The molecular weight excluding hydrogens is 452 g/mol. The predicted molar refractivity (Wildman–Crippen MR) is 134 cm³/mol. The van der Waals surface area contributed by atoms with E-state index < -0.39 is 10.9 Å². The van der Waals surface area contributed by atoms with Gasteiger partial charge in [0.05, 0.1) is 18.6 Å². The first kappa shape index (κ1) is 24.7. The smallest absolute Gasteiger partial charge is 0.325 e. The van der Waals surface area contributed by atoms with E-state index >= 15 is 0 Å². The highest BCUT2D eigenvalue weighted by Crippen LogP contribution is 2.47. The lowest BCUT2D eigenvalue weighted by atomic mass is 9.95. The molecule has 0 aliphatic carbocycles. The Labute approximate surface area is 206 Å². The quantitative estimate of drug-likeness (QED) is 0.569. The Hall–Kier alpha value is -2.42. The fourth-order valence-electron chi connectivity index (χ4n) is 4.57. The Morgan fingerprint density at radius 3 is 2.65 bits per heavy atom. The zero-order valence-corrected chi connectivity index (χ0v) is 20.8. The van der Waals surface area contributed by atoms with Crippen molar-refractivity contribution in [1.29, 1.82) is 0 Å². The number of nitrogens with zero attached hydrogens (tertiary/aromatic N) is 2. The monoisotopic (exact) mass is 486 g/mol. The van der Waals surface area contributed by atoms with Gasteiger partial charge in [-0.3, -0.25) is 9.69 Å². The number of rotatable bonds is 8. The number of fused-ring (bicyclic) bond motifs is 1. The molecule has 2 heterocycles. The van der Waals surface area contributed by atoms with Gasteiger partial charge in [0.25, 0.3) is 0 Å². The summed E-state index contributed by atoms with van der Waals surface area (Å²) < 4.78 is 15.5. The van der Waals surface area contributed by atoms with Crippen LogP contribution in [0.3, 0.4) is 0 Å². The molecule has 1 N–H and O–H groups in total. The van der Waals surface area contributed by atoms with Gasteiger partial charge in [-0.05, 0) is 56.6 Å². The number of ether oxygens (including phenoxy) is 3. The Kier molecular flexibility index (Phi) is 8.24. The van der Waals surface area contributed by atoms with Crippen LogP contribution in [-0.2, 0) is 9.53 Å². The first-order chi connectivity index (χ1) is 16.6. The summed E-state index contributed by atoms with van der Waals surface area (Å²) in [5.74, 6) is 0.939. The van der Waals surface area contributed by atoms with Gasteiger partial charge in [0.1, 0.15) is 29.0 Å². The summed E-state index contributed by atoms with van der Waals surface area (Å²) in [4.78, 5) is 18.8. The molecule has 8 heteroatoms. The number of anilines is 1. The van der Waals surface area contributed by atoms with Crippen LogP contribution in [0.2, 0.25) is 0 Å². The van der Waals surface area contributed by atoms with E-state index in [4.69, 9.17) is 14.2 Å². The van der Waals surface area contributed by atoms with Crippen LogP contribution in [0.25, 0.3) is 0 Å². The van der Waals surface area contributed by atoms with E-state index in [1.807, 2.05) is 24.3 Å². The largest absolute Gasteiger partial charge is 0.497 e. The van der Waals surface area contributed by atoms with E-state index in [0.717, 1.165) is 44.0 Å². The van der Waals surface area contributed by atoms with Crippen molar-refractivity contribution in [1.82, 2.24) is 4.90 Å². The highest BCUT2D eigenvalue weighted by atomic mass is 32.2. The molecule has 34 heavy (non-hydrogen) atoms. The molecule has 0 saturated carbocycles. The van der Waals surface area contributed by atoms with Crippen LogP contribution >= 0.6 is 11.8 Å². The Bertz CT molecular complexity index is 951. The van der Waals surface area contributed by atoms with E-state index in [0.29, 0.717) is 17.9 Å². The fraction of sp³-hybridized carbons (Fsp3) is 0.500. The lowest BCUT2D eigenvalue weighted by Gasteiger charge is -2.37. The maximum absolute atomic E-state index is 13.2. The maximum atomic E-state index is 13.2. The number of hydrogen-bond acceptors (Lipinski definition) is 8. The zero-order chi connectivity index (χ0) is 24.0. The minimum atomic E-state index is -1.13. The van der Waals surface area contributed by atoms with Gasteiger partial charge < -0.3 is 24.2 Å². The number of carbonyl (C=O) groups is 1. The van der Waals surface area contributed by atoms with Crippen molar-refractivity contribution in [3.63, 3.8) is 0 Å². The minimum Gasteiger partial charge on any atom is -0.497 e. The molecular formula is C26H34N2O5S. The molecule has 2 aliphatic heterocycles. The number of esters is 1. The summed E-state index contributed by atoms with van der Waals surface area (Å²) in [5.41, 5.74) is 1.26. The standard InChI is InChI=1S/C26H34N2O5S/c1-3-32-25(30)26(24(29)19-33-22-11-10-21(31-2)18-23(22)34-26)12-7-13-27-14-16-28(17-15-27)20-8-5-4-6-9-20/h4-6,8-11,18,24,29H,3,7,12-17,19H2,1-2H3/t24-,26+/m0/s1. The van der Waals surface area contributed by atoms with Crippen molar-refractivity contribution in [2.24, 2.45) is 0 Å². The number of methoxy groups -OCH3 is 1. The summed E-state index contributed by atoms with van der Waals surface area (Å²) in [6.45, 7) is 6.86. The first-order valence-corrected chi connectivity index (χ1v) is 12.7. The molecule has 0 aromatic heterocycles. The van der Waals surface area contributed by atoms with Crippen molar-refractivity contribution < 1.29 is 24.1 Å². The van der Waals surface area contributed by atoms with Crippen LogP contribution in [0.15, 0.2) is 53.4 Å². The Morgan fingerprint density at radius 2 is 1.94 bits per heavy atom.